The first-order valence-corrected chi connectivity index (χ1v) is 4.58. The third kappa shape index (κ3) is 2.22. The molecule has 0 aromatic carbocycles. The number of hydrogen-bond acceptors (Lipinski definition) is 4. The van der Waals surface area contributed by atoms with Crippen LogP contribution in [-0.2, 0) is 10.7 Å². The Hall–Kier alpha value is -1.87. The van der Waals surface area contributed by atoms with Crippen molar-refractivity contribution in [1.82, 2.24) is 10.2 Å². The second-order valence-corrected chi connectivity index (χ2v) is 3.15. The predicted octanol–water partition coefficient (Wildman–Crippen LogP) is 1.82. The second kappa shape index (κ2) is 4.42. The monoisotopic (exact) mass is 273 g/mol. The molecular weight excluding hydrogens is 265 g/mol. The summed E-state index contributed by atoms with van der Waals surface area (Å²) < 4.78 is 67.0. The molecule has 1 rings (SSSR count). The lowest BCUT2D eigenvalue weighted by Gasteiger charge is -2.18. The molecule has 0 aliphatic heterocycles. The number of rotatable bonds is 3. The Kier molecular flexibility index (Phi) is 3.49. The molecule has 1 heterocycles. The van der Waals surface area contributed by atoms with Crippen molar-refractivity contribution in [2.75, 3.05) is 12.3 Å². The summed E-state index contributed by atoms with van der Waals surface area (Å²) in [6, 6.07) is 0. The summed E-state index contributed by atoms with van der Waals surface area (Å²) in [5.41, 5.74) is 2.23. The lowest BCUT2D eigenvalue weighted by Crippen LogP contribution is -2.35. The molecule has 0 atom stereocenters. The minimum Gasteiger partial charge on any atom is -0.462 e. The van der Waals surface area contributed by atoms with E-state index in [9.17, 15) is 26.7 Å². The SMILES string of the molecule is CCOC(=O)c1c(N)n[nH]c1C(F)(F)C(F)(F)F. The molecule has 1 aromatic heterocycles. The number of halogens is 5. The maximum Gasteiger partial charge on any atom is 0.459 e. The molecule has 18 heavy (non-hydrogen) atoms. The van der Waals surface area contributed by atoms with Crippen LogP contribution in [0, 0.1) is 0 Å². The number of ether oxygens (including phenoxy) is 1. The van der Waals surface area contributed by atoms with Crippen LogP contribution < -0.4 is 5.73 Å². The summed E-state index contributed by atoms with van der Waals surface area (Å²) in [5.74, 6) is -7.46. The van der Waals surface area contributed by atoms with Gasteiger partial charge in [0.15, 0.2) is 5.82 Å². The Balaban J connectivity index is 3.31. The molecule has 0 unspecified atom stereocenters. The number of nitrogens with zero attached hydrogens (tertiary/aromatic N) is 1. The number of carbonyl (C=O) groups excluding carboxylic acids is 1. The Morgan fingerprint density at radius 2 is 1.94 bits per heavy atom. The normalized spacial score (nSPS) is 12.6. The summed E-state index contributed by atoms with van der Waals surface area (Å²) in [7, 11) is 0. The number of aromatic nitrogens is 2. The first-order chi connectivity index (χ1) is 8.13. The van der Waals surface area contributed by atoms with Crippen LogP contribution in [0.5, 0.6) is 0 Å². The molecule has 0 spiro atoms. The molecule has 0 amide bonds. The van der Waals surface area contributed by atoms with E-state index in [0.29, 0.717) is 0 Å². The van der Waals surface area contributed by atoms with Gasteiger partial charge in [0.1, 0.15) is 11.3 Å². The Morgan fingerprint density at radius 3 is 2.39 bits per heavy atom. The number of esters is 1. The summed E-state index contributed by atoms with van der Waals surface area (Å²) >= 11 is 0. The van der Waals surface area contributed by atoms with E-state index < -0.39 is 35.1 Å². The highest BCUT2D eigenvalue weighted by atomic mass is 19.4. The van der Waals surface area contributed by atoms with Gasteiger partial charge in [0.05, 0.1) is 6.61 Å². The molecule has 10 heteroatoms. The van der Waals surface area contributed by atoms with Crippen molar-refractivity contribution in [1.29, 1.82) is 0 Å². The van der Waals surface area contributed by atoms with Gasteiger partial charge in [-0.05, 0) is 6.92 Å². The Labute approximate surface area is 97.1 Å². The van der Waals surface area contributed by atoms with Gasteiger partial charge in [-0.1, -0.05) is 0 Å². The average Bonchev–Trinajstić information content (AvgIpc) is 2.59. The summed E-state index contributed by atoms with van der Waals surface area (Å²) in [5, 5.41) is 4.39. The fraction of sp³-hybridized carbons (Fsp3) is 0.500. The summed E-state index contributed by atoms with van der Waals surface area (Å²) in [4.78, 5) is 11.3. The number of hydrogen-bond donors (Lipinski definition) is 2. The lowest BCUT2D eigenvalue weighted by atomic mass is 10.1. The van der Waals surface area contributed by atoms with Gasteiger partial charge in [0.25, 0.3) is 0 Å². The van der Waals surface area contributed by atoms with E-state index in [1.807, 2.05) is 0 Å². The molecule has 0 bridgehead atoms. The lowest BCUT2D eigenvalue weighted by molar-refractivity contribution is -0.291. The maximum atomic E-state index is 13.1. The number of nitrogens with one attached hydrogen (secondary N) is 1. The van der Waals surface area contributed by atoms with E-state index in [1.165, 1.54) is 12.0 Å². The molecule has 0 saturated carbocycles. The Bertz CT molecular complexity index is 454. The molecule has 102 valence electrons. The highest BCUT2D eigenvalue weighted by Gasteiger charge is 2.61. The van der Waals surface area contributed by atoms with Gasteiger partial charge in [-0.3, -0.25) is 5.10 Å². The van der Waals surface area contributed by atoms with E-state index >= 15 is 0 Å². The Morgan fingerprint density at radius 1 is 1.39 bits per heavy atom. The fourth-order valence-corrected chi connectivity index (χ4v) is 1.13. The molecule has 0 radical (unpaired) electrons. The van der Waals surface area contributed by atoms with Gasteiger partial charge in [0, 0.05) is 0 Å². The first kappa shape index (κ1) is 14.2. The highest BCUT2D eigenvalue weighted by Crippen LogP contribution is 2.45. The smallest absolute Gasteiger partial charge is 0.459 e. The third-order valence-electron chi connectivity index (χ3n) is 1.94. The van der Waals surface area contributed by atoms with Crippen LogP contribution in [0.1, 0.15) is 23.0 Å². The van der Waals surface area contributed by atoms with Crippen molar-refractivity contribution in [3.05, 3.63) is 11.3 Å². The first-order valence-electron chi connectivity index (χ1n) is 4.58. The zero-order valence-corrected chi connectivity index (χ0v) is 8.94. The van der Waals surface area contributed by atoms with Crippen molar-refractivity contribution in [2.24, 2.45) is 0 Å². The van der Waals surface area contributed by atoms with Crippen LogP contribution in [-0.4, -0.2) is 28.9 Å². The largest absolute Gasteiger partial charge is 0.462 e. The predicted molar refractivity (Wildman–Crippen MR) is 48.9 cm³/mol. The molecule has 0 saturated heterocycles. The average molecular weight is 273 g/mol. The van der Waals surface area contributed by atoms with Gasteiger partial charge in [0.2, 0.25) is 0 Å². The van der Waals surface area contributed by atoms with E-state index in [2.05, 4.69) is 9.84 Å². The fourth-order valence-electron chi connectivity index (χ4n) is 1.13. The minimum absolute atomic E-state index is 0.208. The van der Waals surface area contributed by atoms with Crippen LogP contribution >= 0.6 is 0 Å². The van der Waals surface area contributed by atoms with Gasteiger partial charge in [-0.15, -0.1) is 0 Å². The van der Waals surface area contributed by atoms with Crippen LogP contribution in [0.2, 0.25) is 0 Å². The van der Waals surface area contributed by atoms with Gasteiger partial charge >= 0.3 is 18.1 Å². The number of alkyl halides is 5. The summed E-state index contributed by atoms with van der Waals surface area (Å²) in [6.07, 6.45) is -5.88. The van der Waals surface area contributed by atoms with Crippen LogP contribution in [0.3, 0.4) is 0 Å². The van der Waals surface area contributed by atoms with E-state index in [1.54, 1.807) is 0 Å². The quantitative estimate of drug-likeness (QED) is 0.650. The minimum atomic E-state index is -5.88. The second-order valence-electron chi connectivity index (χ2n) is 3.15. The number of carbonyl (C=O) groups is 1. The van der Waals surface area contributed by atoms with Crippen LogP contribution in [0.15, 0.2) is 0 Å². The summed E-state index contributed by atoms with van der Waals surface area (Å²) in [6.45, 7) is 1.15. The van der Waals surface area contributed by atoms with Gasteiger partial charge < -0.3 is 10.5 Å². The topological polar surface area (TPSA) is 81.0 Å². The van der Waals surface area contributed by atoms with E-state index in [-0.39, 0.29) is 6.61 Å². The van der Waals surface area contributed by atoms with Crippen LogP contribution in [0.4, 0.5) is 27.8 Å². The molecular formula is C8H8F5N3O2. The number of H-pyrrole nitrogens is 1. The maximum absolute atomic E-state index is 13.1. The standard InChI is InChI=1S/C8H8F5N3O2/c1-2-18-6(17)3-4(15-16-5(3)14)7(9,10)8(11,12)13/h2H2,1H3,(H3,14,15,16). The zero-order chi connectivity index (χ0) is 14.1. The number of nitrogen functional groups attached to an aromatic ring is 1. The van der Waals surface area contributed by atoms with Crippen molar-refractivity contribution >= 4 is 11.8 Å². The molecule has 3 N–H and O–H groups in total. The molecule has 0 fully saturated rings. The number of aromatic amines is 1. The third-order valence-corrected chi connectivity index (χ3v) is 1.94. The van der Waals surface area contributed by atoms with Crippen molar-refractivity contribution in [2.45, 2.75) is 19.0 Å². The van der Waals surface area contributed by atoms with Gasteiger partial charge in [-0.25, -0.2) is 4.79 Å². The van der Waals surface area contributed by atoms with Gasteiger partial charge in [-0.2, -0.15) is 27.1 Å². The number of nitrogens with two attached hydrogens (primary N) is 1. The van der Waals surface area contributed by atoms with E-state index in [0.717, 1.165) is 0 Å². The van der Waals surface area contributed by atoms with Crippen molar-refractivity contribution < 1.29 is 31.5 Å². The number of anilines is 1. The van der Waals surface area contributed by atoms with E-state index in [4.69, 9.17) is 5.73 Å². The van der Waals surface area contributed by atoms with Crippen molar-refractivity contribution in [3.8, 4) is 0 Å². The van der Waals surface area contributed by atoms with Crippen LogP contribution in [0.25, 0.3) is 0 Å². The van der Waals surface area contributed by atoms with Crippen molar-refractivity contribution in [3.63, 3.8) is 0 Å². The molecule has 0 aliphatic carbocycles. The molecule has 5 nitrogen and oxygen atoms in total. The highest BCUT2D eigenvalue weighted by molar-refractivity contribution is 5.95. The molecule has 1 aromatic rings. The molecule has 0 aliphatic rings. The zero-order valence-electron chi connectivity index (χ0n) is 8.94.